The molecule has 0 unspecified atom stereocenters. The molecule has 0 atom stereocenters. The lowest BCUT2D eigenvalue weighted by Crippen LogP contribution is -2.25. The monoisotopic (exact) mass is 422 g/mol. The highest BCUT2D eigenvalue weighted by Gasteiger charge is 2.18. The summed E-state index contributed by atoms with van der Waals surface area (Å²) >= 11 is 0. The molecular formula is C22H22N4O3S. The zero-order valence-electron chi connectivity index (χ0n) is 16.7. The molecule has 0 aliphatic heterocycles. The Morgan fingerprint density at radius 1 is 1.07 bits per heavy atom. The number of fused-ring (bicyclic) bond motifs is 1. The Morgan fingerprint density at radius 2 is 1.90 bits per heavy atom. The minimum absolute atomic E-state index is 0.0522. The number of pyridine rings is 1. The molecule has 7 nitrogen and oxygen atoms in total. The van der Waals surface area contributed by atoms with E-state index in [4.69, 9.17) is 4.74 Å². The molecule has 30 heavy (non-hydrogen) atoms. The summed E-state index contributed by atoms with van der Waals surface area (Å²) in [6.45, 7) is 2.40. The zero-order chi connectivity index (χ0) is 21.1. The molecule has 4 rings (SSSR count). The maximum absolute atomic E-state index is 12.7. The number of hydrogen-bond donors (Lipinski definition) is 1. The first-order valence-corrected chi connectivity index (χ1v) is 10.9. The molecule has 0 spiro atoms. The summed E-state index contributed by atoms with van der Waals surface area (Å²) in [5.74, 6) is 1.34. The van der Waals surface area contributed by atoms with Gasteiger partial charge in [0.15, 0.2) is 5.65 Å². The van der Waals surface area contributed by atoms with E-state index in [0.717, 1.165) is 16.9 Å². The van der Waals surface area contributed by atoms with Crippen molar-refractivity contribution in [3.8, 4) is 5.75 Å². The minimum atomic E-state index is -3.66. The van der Waals surface area contributed by atoms with Gasteiger partial charge in [-0.15, -0.1) is 0 Å². The van der Waals surface area contributed by atoms with E-state index in [-0.39, 0.29) is 11.4 Å². The van der Waals surface area contributed by atoms with Crippen LogP contribution >= 0.6 is 0 Å². The van der Waals surface area contributed by atoms with Crippen molar-refractivity contribution in [1.29, 1.82) is 0 Å². The maximum Gasteiger partial charge on any atom is 0.240 e. The Labute approximate surface area is 175 Å². The van der Waals surface area contributed by atoms with E-state index < -0.39 is 10.0 Å². The van der Waals surface area contributed by atoms with Crippen LogP contribution in [0.1, 0.15) is 17.0 Å². The smallest absolute Gasteiger partial charge is 0.240 e. The van der Waals surface area contributed by atoms with E-state index in [1.165, 1.54) is 0 Å². The molecule has 4 aromatic rings. The summed E-state index contributed by atoms with van der Waals surface area (Å²) in [4.78, 5) is 9.29. The number of nitrogens with one attached hydrogen (secondary N) is 1. The standard InChI is InChI=1S/C22H22N4O3S/c1-16-6-3-9-19(12-16)30(27,28)24-14-21-25-20-10-5-11-23-22(20)26(21)15-17-7-4-8-18(13-17)29-2/h3-13,24H,14-15H2,1-2H3. The summed E-state index contributed by atoms with van der Waals surface area (Å²) in [5.41, 5.74) is 3.30. The molecule has 2 aromatic heterocycles. The van der Waals surface area contributed by atoms with Crippen LogP contribution in [0, 0.1) is 6.92 Å². The largest absolute Gasteiger partial charge is 0.497 e. The molecule has 0 fully saturated rings. The predicted molar refractivity (Wildman–Crippen MR) is 115 cm³/mol. The van der Waals surface area contributed by atoms with Gasteiger partial charge in [-0.2, -0.15) is 0 Å². The van der Waals surface area contributed by atoms with Crippen molar-refractivity contribution in [3.05, 3.63) is 83.8 Å². The number of imidazole rings is 1. The molecule has 2 heterocycles. The number of hydrogen-bond acceptors (Lipinski definition) is 5. The first kappa shape index (κ1) is 20.1. The van der Waals surface area contributed by atoms with Crippen LogP contribution in [-0.4, -0.2) is 30.1 Å². The summed E-state index contributed by atoms with van der Waals surface area (Å²) in [5, 5.41) is 0. The second kappa shape index (κ2) is 8.25. The lowest BCUT2D eigenvalue weighted by atomic mass is 10.2. The third-order valence-electron chi connectivity index (χ3n) is 4.78. The van der Waals surface area contributed by atoms with E-state index in [1.807, 2.05) is 54.0 Å². The van der Waals surface area contributed by atoms with E-state index in [2.05, 4.69) is 14.7 Å². The highest BCUT2D eigenvalue weighted by atomic mass is 32.2. The fraction of sp³-hybridized carbons (Fsp3) is 0.182. The van der Waals surface area contributed by atoms with E-state index >= 15 is 0 Å². The highest BCUT2D eigenvalue weighted by Crippen LogP contribution is 2.19. The normalized spacial score (nSPS) is 11.7. The van der Waals surface area contributed by atoms with Crippen LogP contribution in [0.4, 0.5) is 0 Å². The molecule has 0 amide bonds. The van der Waals surface area contributed by atoms with Gasteiger partial charge in [0.05, 0.1) is 25.1 Å². The van der Waals surface area contributed by atoms with Crippen LogP contribution in [0.15, 0.2) is 71.8 Å². The fourth-order valence-electron chi connectivity index (χ4n) is 3.29. The van der Waals surface area contributed by atoms with Crippen molar-refractivity contribution < 1.29 is 13.2 Å². The fourth-order valence-corrected chi connectivity index (χ4v) is 4.37. The summed E-state index contributed by atoms with van der Waals surface area (Å²) in [6, 6.07) is 18.2. The lowest BCUT2D eigenvalue weighted by Gasteiger charge is -2.11. The molecule has 154 valence electrons. The molecule has 1 N–H and O–H groups in total. The summed E-state index contributed by atoms with van der Waals surface area (Å²) in [6.07, 6.45) is 1.70. The van der Waals surface area contributed by atoms with Crippen LogP contribution in [0.3, 0.4) is 0 Å². The average Bonchev–Trinajstić information content (AvgIpc) is 3.10. The van der Waals surface area contributed by atoms with E-state index in [0.29, 0.717) is 23.5 Å². The van der Waals surface area contributed by atoms with Crippen molar-refractivity contribution >= 4 is 21.2 Å². The van der Waals surface area contributed by atoms with E-state index in [9.17, 15) is 8.42 Å². The summed E-state index contributed by atoms with van der Waals surface area (Å²) < 4.78 is 35.4. The molecular weight excluding hydrogens is 400 g/mol. The van der Waals surface area contributed by atoms with Crippen LogP contribution in [-0.2, 0) is 23.1 Å². The minimum Gasteiger partial charge on any atom is -0.497 e. The molecule has 0 aliphatic rings. The number of benzene rings is 2. The number of sulfonamides is 1. The molecule has 2 aromatic carbocycles. The van der Waals surface area contributed by atoms with Crippen LogP contribution in [0.2, 0.25) is 0 Å². The van der Waals surface area contributed by atoms with Gasteiger partial charge in [-0.3, -0.25) is 0 Å². The summed E-state index contributed by atoms with van der Waals surface area (Å²) in [7, 11) is -2.04. The first-order chi connectivity index (χ1) is 14.5. The second-order valence-electron chi connectivity index (χ2n) is 6.95. The van der Waals surface area contributed by atoms with Gasteiger partial charge in [0, 0.05) is 6.20 Å². The maximum atomic E-state index is 12.7. The molecule has 8 heteroatoms. The third-order valence-corrected chi connectivity index (χ3v) is 6.18. The Morgan fingerprint density at radius 3 is 2.70 bits per heavy atom. The Hall–Kier alpha value is -3.23. The predicted octanol–water partition coefficient (Wildman–Crippen LogP) is 3.28. The second-order valence-corrected chi connectivity index (χ2v) is 8.72. The van der Waals surface area contributed by atoms with Crippen molar-refractivity contribution in [2.24, 2.45) is 0 Å². The van der Waals surface area contributed by atoms with Gasteiger partial charge in [0.2, 0.25) is 10.0 Å². The first-order valence-electron chi connectivity index (χ1n) is 9.46. The van der Waals surface area contributed by atoms with Crippen LogP contribution < -0.4 is 9.46 Å². The average molecular weight is 423 g/mol. The molecule has 0 aliphatic carbocycles. The van der Waals surface area contributed by atoms with Gasteiger partial charge in [0.1, 0.15) is 17.1 Å². The Bertz CT molecular complexity index is 1300. The van der Waals surface area contributed by atoms with Gasteiger partial charge >= 0.3 is 0 Å². The van der Waals surface area contributed by atoms with E-state index in [1.54, 1.807) is 31.5 Å². The number of nitrogens with zero attached hydrogens (tertiary/aromatic N) is 3. The number of ether oxygens (including phenoxy) is 1. The molecule has 0 bridgehead atoms. The van der Waals surface area contributed by atoms with Crippen LogP contribution in [0.5, 0.6) is 5.75 Å². The number of methoxy groups -OCH3 is 1. The number of aromatic nitrogens is 3. The van der Waals surface area contributed by atoms with Gasteiger partial charge in [-0.25, -0.2) is 23.1 Å². The Balaban J connectivity index is 1.66. The van der Waals surface area contributed by atoms with Crippen molar-refractivity contribution in [2.75, 3.05) is 7.11 Å². The van der Waals surface area contributed by atoms with Crippen molar-refractivity contribution in [1.82, 2.24) is 19.3 Å². The van der Waals surface area contributed by atoms with Gasteiger partial charge in [0.25, 0.3) is 0 Å². The molecule has 0 saturated carbocycles. The quantitative estimate of drug-likeness (QED) is 0.494. The number of aryl methyl sites for hydroxylation is 1. The van der Waals surface area contributed by atoms with Gasteiger partial charge in [-0.1, -0.05) is 24.3 Å². The third kappa shape index (κ3) is 4.19. The Kier molecular flexibility index (Phi) is 5.52. The highest BCUT2D eigenvalue weighted by molar-refractivity contribution is 7.89. The van der Waals surface area contributed by atoms with Crippen molar-refractivity contribution in [3.63, 3.8) is 0 Å². The van der Waals surface area contributed by atoms with Crippen LogP contribution in [0.25, 0.3) is 11.2 Å². The topological polar surface area (TPSA) is 86.1 Å². The molecule has 0 radical (unpaired) electrons. The lowest BCUT2D eigenvalue weighted by molar-refractivity contribution is 0.414. The van der Waals surface area contributed by atoms with Gasteiger partial charge < -0.3 is 9.30 Å². The molecule has 0 saturated heterocycles. The van der Waals surface area contributed by atoms with Crippen molar-refractivity contribution in [2.45, 2.75) is 24.9 Å². The zero-order valence-corrected chi connectivity index (χ0v) is 17.6. The number of rotatable bonds is 7. The SMILES string of the molecule is COc1cccc(Cn2c(CNS(=O)(=O)c3cccc(C)c3)nc3cccnc32)c1. The van der Waals surface area contributed by atoms with Gasteiger partial charge in [-0.05, 0) is 54.4 Å².